The van der Waals surface area contributed by atoms with Gasteiger partial charge < -0.3 is 10.3 Å². The van der Waals surface area contributed by atoms with Crippen LogP contribution in [0.4, 0.5) is 0 Å². The highest BCUT2D eigenvalue weighted by atomic mass is 32.1. The molecule has 0 aliphatic rings. The second kappa shape index (κ2) is 12.0. The molecule has 7 aromatic carbocycles. The van der Waals surface area contributed by atoms with Gasteiger partial charge in [0, 0.05) is 53.0 Å². The van der Waals surface area contributed by atoms with Gasteiger partial charge >= 0.3 is 0 Å². The van der Waals surface area contributed by atoms with E-state index in [1.165, 1.54) is 42.1 Å². The molecule has 2 N–H and O–H groups in total. The Balaban J connectivity index is 1.10. The summed E-state index contributed by atoms with van der Waals surface area (Å²) in [6.45, 7) is 4.03. The third kappa shape index (κ3) is 4.64. The van der Waals surface area contributed by atoms with Crippen molar-refractivity contribution in [3.8, 4) is 16.8 Å². The lowest BCUT2D eigenvalue weighted by Gasteiger charge is -2.12. The van der Waals surface area contributed by atoms with E-state index < -0.39 is 0 Å². The number of rotatable bonds is 5. The maximum absolute atomic E-state index is 7.02. The van der Waals surface area contributed by atoms with Gasteiger partial charge in [-0.25, -0.2) is 4.99 Å². The van der Waals surface area contributed by atoms with Crippen LogP contribution in [0, 0.1) is 0 Å². The zero-order valence-electron chi connectivity index (χ0n) is 28.2. The highest BCUT2D eigenvalue weighted by Crippen LogP contribution is 2.41. The zero-order valence-corrected chi connectivity index (χ0v) is 29.0. The molecule has 10 aromatic rings. The lowest BCUT2D eigenvalue weighted by molar-refractivity contribution is 1.17. The van der Waals surface area contributed by atoms with Crippen LogP contribution >= 0.6 is 11.3 Å². The summed E-state index contributed by atoms with van der Waals surface area (Å²) < 4.78 is 6.99. The highest BCUT2D eigenvalue weighted by molar-refractivity contribution is 7.26. The third-order valence-electron chi connectivity index (χ3n) is 10.1. The van der Waals surface area contributed by atoms with Crippen molar-refractivity contribution in [3.05, 3.63) is 182 Å². The van der Waals surface area contributed by atoms with Gasteiger partial charge in [-0.2, -0.15) is 0 Å². The first-order valence-corrected chi connectivity index (χ1v) is 18.2. The van der Waals surface area contributed by atoms with E-state index in [1.54, 1.807) is 6.08 Å². The molecule has 10 rings (SSSR count). The van der Waals surface area contributed by atoms with E-state index in [9.17, 15) is 0 Å². The summed E-state index contributed by atoms with van der Waals surface area (Å²) in [6, 6.07) is 56.0. The molecule has 0 amide bonds. The average molecular weight is 685 g/mol. The number of nitrogens with two attached hydrogens (primary N) is 1. The van der Waals surface area contributed by atoms with Gasteiger partial charge in [0.15, 0.2) is 0 Å². The van der Waals surface area contributed by atoms with Gasteiger partial charge in [0.1, 0.15) is 0 Å². The van der Waals surface area contributed by atoms with Crippen LogP contribution in [0.5, 0.6) is 0 Å². The molecular formula is C47H32N4S. The van der Waals surface area contributed by atoms with Crippen molar-refractivity contribution in [3.63, 3.8) is 0 Å². The first-order valence-electron chi connectivity index (χ1n) is 17.4. The Morgan fingerprint density at radius 2 is 1.19 bits per heavy atom. The van der Waals surface area contributed by atoms with Gasteiger partial charge in [-0.1, -0.05) is 122 Å². The predicted octanol–water partition coefficient (Wildman–Crippen LogP) is 12.3. The molecule has 0 atom stereocenters. The second-order valence-electron chi connectivity index (χ2n) is 13.0. The summed E-state index contributed by atoms with van der Waals surface area (Å²) in [4.78, 5) is 5.11. The summed E-state index contributed by atoms with van der Waals surface area (Å²) in [5.74, 6) is 0.390. The maximum atomic E-state index is 7.02. The van der Waals surface area contributed by atoms with Gasteiger partial charge in [0.2, 0.25) is 5.96 Å². The fourth-order valence-corrected chi connectivity index (χ4v) is 9.09. The number of benzene rings is 7. The zero-order chi connectivity index (χ0) is 34.8. The van der Waals surface area contributed by atoms with Crippen LogP contribution in [0.3, 0.4) is 0 Å². The van der Waals surface area contributed by atoms with E-state index in [2.05, 4.69) is 173 Å². The minimum atomic E-state index is 0.390. The normalized spacial score (nSPS) is 12.6. The van der Waals surface area contributed by atoms with E-state index in [4.69, 9.17) is 10.7 Å². The van der Waals surface area contributed by atoms with Crippen molar-refractivity contribution in [2.24, 2.45) is 10.7 Å². The molecule has 0 saturated heterocycles. The van der Waals surface area contributed by atoms with Crippen LogP contribution < -0.4 is 5.73 Å². The maximum Gasteiger partial charge on any atom is 0.205 e. The molecule has 0 aliphatic heterocycles. The Hall–Kier alpha value is -6.69. The lowest BCUT2D eigenvalue weighted by atomic mass is 10.0. The van der Waals surface area contributed by atoms with Crippen molar-refractivity contribution in [1.29, 1.82) is 0 Å². The molecule has 0 bridgehead atoms. The Morgan fingerprint density at radius 1 is 0.577 bits per heavy atom. The second-order valence-corrected chi connectivity index (χ2v) is 14.1. The van der Waals surface area contributed by atoms with E-state index in [0.717, 1.165) is 49.8 Å². The number of hydrogen-bond donors (Lipinski definition) is 1. The Labute approximate surface area is 304 Å². The SMILES string of the molecule is C=C/C=C(\N=C(N)n1c2ccccc2c2cc(-c3cccc4c3sc3ccccc34)ccc21)c1cccc(-n2c3ccccc3c3ccccc32)c1. The van der Waals surface area contributed by atoms with Crippen molar-refractivity contribution >= 4 is 86.8 Å². The number of thiophene rings is 1. The van der Waals surface area contributed by atoms with Gasteiger partial charge in [0.25, 0.3) is 0 Å². The fourth-order valence-electron chi connectivity index (χ4n) is 7.85. The first kappa shape index (κ1) is 30.2. The number of nitrogens with zero attached hydrogens (tertiary/aromatic N) is 3. The first-order chi connectivity index (χ1) is 25.7. The lowest BCUT2D eigenvalue weighted by Crippen LogP contribution is -2.22. The molecule has 0 saturated carbocycles. The van der Waals surface area contributed by atoms with Crippen LogP contribution in [0.25, 0.3) is 86.3 Å². The summed E-state index contributed by atoms with van der Waals surface area (Å²) in [7, 11) is 0. The minimum Gasteiger partial charge on any atom is -0.369 e. The number of aromatic nitrogens is 2. The fraction of sp³-hybridized carbons (Fsp3) is 0. The highest BCUT2D eigenvalue weighted by Gasteiger charge is 2.17. The Bertz CT molecular complexity index is 3060. The monoisotopic (exact) mass is 684 g/mol. The molecule has 52 heavy (non-hydrogen) atoms. The van der Waals surface area contributed by atoms with Crippen molar-refractivity contribution in [1.82, 2.24) is 9.13 Å². The third-order valence-corrected chi connectivity index (χ3v) is 11.3. The number of allylic oxidation sites excluding steroid dienone is 2. The molecule has 3 aromatic heterocycles. The molecule has 246 valence electrons. The van der Waals surface area contributed by atoms with Gasteiger partial charge in [0.05, 0.1) is 27.8 Å². The average Bonchev–Trinajstić information content (AvgIpc) is 3.85. The van der Waals surface area contributed by atoms with E-state index in [1.807, 2.05) is 17.4 Å². The van der Waals surface area contributed by atoms with E-state index in [-0.39, 0.29) is 0 Å². The molecule has 0 aliphatic carbocycles. The van der Waals surface area contributed by atoms with Crippen molar-refractivity contribution in [2.45, 2.75) is 0 Å². The molecule has 3 heterocycles. The van der Waals surface area contributed by atoms with Gasteiger partial charge in [-0.3, -0.25) is 4.57 Å². The van der Waals surface area contributed by atoms with Crippen molar-refractivity contribution in [2.75, 3.05) is 0 Å². The van der Waals surface area contributed by atoms with Crippen LogP contribution in [0.1, 0.15) is 5.56 Å². The molecular weight excluding hydrogens is 653 g/mol. The Morgan fingerprint density at radius 3 is 1.94 bits per heavy atom. The number of para-hydroxylation sites is 3. The smallest absolute Gasteiger partial charge is 0.205 e. The summed E-state index contributed by atoms with van der Waals surface area (Å²) in [5.41, 5.74) is 16.5. The van der Waals surface area contributed by atoms with Crippen LogP contribution in [-0.4, -0.2) is 15.1 Å². The standard InChI is InChI=1S/C47H32N4S/c1-2-13-40(31-14-11-15-32(28-31)50-41-22-7-3-16-34(41)35-17-4-8-23-42(35)50)49-47(48)51-43-24-9-5-18-36(43)39-29-30(26-27-44(39)51)33-20-12-21-38-37-19-6-10-25-45(37)52-46(33)38/h2-29H,1H2,(H2,48,49)/b40-13-. The van der Waals surface area contributed by atoms with E-state index >= 15 is 0 Å². The molecule has 5 heteroatoms. The number of hydrogen-bond acceptors (Lipinski definition) is 2. The summed E-state index contributed by atoms with van der Waals surface area (Å²) in [5, 5.41) is 7.30. The molecule has 4 nitrogen and oxygen atoms in total. The van der Waals surface area contributed by atoms with Gasteiger partial charge in [-0.05, 0) is 65.7 Å². The minimum absolute atomic E-state index is 0.390. The molecule has 0 radical (unpaired) electrons. The quantitative estimate of drug-likeness (QED) is 0.109. The molecule has 0 spiro atoms. The summed E-state index contributed by atoms with van der Waals surface area (Å²) >= 11 is 1.85. The summed E-state index contributed by atoms with van der Waals surface area (Å²) in [6.07, 6.45) is 3.70. The topological polar surface area (TPSA) is 48.2 Å². The van der Waals surface area contributed by atoms with Crippen LogP contribution in [0.15, 0.2) is 181 Å². The van der Waals surface area contributed by atoms with E-state index in [0.29, 0.717) is 5.96 Å². The molecule has 0 unspecified atom stereocenters. The predicted molar refractivity (Wildman–Crippen MR) is 224 cm³/mol. The Kier molecular flexibility index (Phi) is 6.95. The van der Waals surface area contributed by atoms with Crippen molar-refractivity contribution < 1.29 is 0 Å². The molecule has 0 fully saturated rings. The van der Waals surface area contributed by atoms with Crippen LogP contribution in [-0.2, 0) is 0 Å². The van der Waals surface area contributed by atoms with Gasteiger partial charge in [-0.15, -0.1) is 11.3 Å². The number of aliphatic imine (C=N–C) groups is 1. The largest absolute Gasteiger partial charge is 0.369 e. The number of fused-ring (bicyclic) bond motifs is 9. The van der Waals surface area contributed by atoms with Crippen LogP contribution in [0.2, 0.25) is 0 Å².